The molecule has 0 aliphatic rings. The van der Waals surface area contributed by atoms with Gasteiger partial charge in [0.1, 0.15) is 0 Å². The molecule has 84 valence electrons. The van der Waals surface area contributed by atoms with E-state index in [2.05, 4.69) is 21.2 Å². The summed E-state index contributed by atoms with van der Waals surface area (Å²) in [5.41, 5.74) is 0.515. The van der Waals surface area contributed by atoms with Gasteiger partial charge in [-0.2, -0.15) is 5.26 Å². The monoisotopic (exact) mass is 300 g/mol. The van der Waals surface area contributed by atoms with Gasteiger partial charge in [-0.1, -0.05) is 11.6 Å². The van der Waals surface area contributed by atoms with E-state index in [0.717, 1.165) is 0 Å². The third kappa shape index (κ3) is 3.51. The molecule has 0 bridgehead atoms. The second-order valence-electron chi connectivity index (χ2n) is 3.37. The van der Waals surface area contributed by atoms with E-state index in [0.29, 0.717) is 21.5 Å². The highest BCUT2D eigenvalue weighted by Gasteiger charge is 2.10. The van der Waals surface area contributed by atoms with Crippen LogP contribution in [0.2, 0.25) is 5.02 Å². The van der Waals surface area contributed by atoms with Crippen LogP contribution in [0, 0.1) is 11.3 Å². The highest BCUT2D eigenvalue weighted by Crippen LogP contribution is 2.23. The van der Waals surface area contributed by atoms with E-state index >= 15 is 0 Å². The first-order valence-corrected chi connectivity index (χ1v) is 5.84. The van der Waals surface area contributed by atoms with E-state index in [9.17, 15) is 4.79 Å². The number of amides is 1. The second kappa shape index (κ2) is 5.88. The lowest BCUT2D eigenvalue weighted by Crippen LogP contribution is -2.32. The molecule has 0 fully saturated rings. The molecule has 1 amide bonds. The van der Waals surface area contributed by atoms with Crippen LogP contribution >= 0.6 is 27.5 Å². The van der Waals surface area contributed by atoms with Gasteiger partial charge >= 0.3 is 0 Å². The Morgan fingerprint density at radius 2 is 2.38 bits per heavy atom. The lowest BCUT2D eigenvalue weighted by Gasteiger charge is -2.10. The van der Waals surface area contributed by atoms with E-state index in [-0.39, 0.29) is 11.9 Å². The minimum absolute atomic E-state index is 0.160. The Balaban J connectivity index is 2.74. The zero-order valence-corrected chi connectivity index (χ0v) is 11.0. The maximum absolute atomic E-state index is 11.7. The Kier molecular flexibility index (Phi) is 4.78. The van der Waals surface area contributed by atoms with Crippen LogP contribution in [-0.2, 0) is 0 Å². The number of nitrogens with zero attached hydrogens (tertiary/aromatic N) is 1. The normalized spacial score (nSPS) is 11.6. The number of nitriles is 1. The fourth-order valence-electron chi connectivity index (χ4n) is 1.13. The van der Waals surface area contributed by atoms with E-state index in [1.807, 2.05) is 6.07 Å². The van der Waals surface area contributed by atoms with Crippen molar-refractivity contribution in [2.45, 2.75) is 19.4 Å². The smallest absolute Gasteiger partial charge is 0.251 e. The molecule has 0 saturated heterocycles. The summed E-state index contributed by atoms with van der Waals surface area (Å²) in [5.74, 6) is -0.208. The predicted octanol–water partition coefficient (Wildman–Crippen LogP) is 3.13. The number of hydrogen-bond donors (Lipinski definition) is 1. The molecule has 0 saturated carbocycles. The Hall–Kier alpha value is -1.05. The zero-order valence-electron chi connectivity index (χ0n) is 8.63. The highest BCUT2D eigenvalue weighted by molar-refractivity contribution is 9.10. The number of benzene rings is 1. The van der Waals surface area contributed by atoms with Crippen LogP contribution in [0.4, 0.5) is 0 Å². The van der Waals surface area contributed by atoms with Gasteiger partial charge in [0.25, 0.3) is 5.91 Å². The van der Waals surface area contributed by atoms with Gasteiger partial charge in [-0.3, -0.25) is 4.79 Å². The third-order valence-electron chi connectivity index (χ3n) is 1.96. The van der Waals surface area contributed by atoms with Crippen LogP contribution in [-0.4, -0.2) is 11.9 Å². The first kappa shape index (κ1) is 13.0. The van der Waals surface area contributed by atoms with Crippen LogP contribution in [0.1, 0.15) is 23.7 Å². The van der Waals surface area contributed by atoms with E-state index in [1.165, 1.54) is 0 Å². The second-order valence-corrected chi connectivity index (χ2v) is 4.63. The number of carbonyl (C=O) groups excluding carboxylic acids is 1. The number of nitrogens with one attached hydrogen (secondary N) is 1. The summed E-state index contributed by atoms with van der Waals surface area (Å²) >= 11 is 9.07. The van der Waals surface area contributed by atoms with Crippen molar-refractivity contribution in [2.24, 2.45) is 0 Å². The van der Waals surface area contributed by atoms with E-state index < -0.39 is 0 Å². The van der Waals surface area contributed by atoms with Crippen molar-refractivity contribution < 1.29 is 4.79 Å². The molecule has 1 unspecified atom stereocenters. The van der Waals surface area contributed by atoms with Gasteiger partial charge in [0.2, 0.25) is 0 Å². The van der Waals surface area contributed by atoms with Gasteiger partial charge in [0, 0.05) is 16.1 Å². The summed E-state index contributed by atoms with van der Waals surface area (Å²) in [6, 6.07) is 6.78. The zero-order chi connectivity index (χ0) is 12.1. The first-order valence-electron chi connectivity index (χ1n) is 4.67. The van der Waals surface area contributed by atoms with Gasteiger partial charge in [-0.05, 0) is 41.1 Å². The van der Waals surface area contributed by atoms with Gasteiger partial charge in [0.15, 0.2) is 0 Å². The Labute approximate surface area is 108 Å². The molecule has 0 radical (unpaired) electrons. The van der Waals surface area contributed by atoms with Gasteiger partial charge in [-0.15, -0.1) is 0 Å². The Morgan fingerprint density at radius 3 is 2.94 bits per heavy atom. The van der Waals surface area contributed by atoms with Gasteiger partial charge < -0.3 is 5.32 Å². The average molecular weight is 302 g/mol. The number of halogens is 2. The van der Waals surface area contributed by atoms with Crippen LogP contribution in [0.25, 0.3) is 0 Å². The van der Waals surface area contributed by atoms with Crippen molar-refractivity contribution in [2.75, 3.05) is 0 Å². The van der Waals surface area contributed by atoms with Crippen molar-refractivity contribution in [3.8, 4) is 6.07 Å². The maximum atomic E-state index is 11.7. The maximum Gasteiger partial charge on any atom is 0.251 e. The minimum atomic E-state index is -0.208. The summed E-state index contributed by atoms with van der Waals surface area (Å²) in [5, 5.41) is 11.7. The molecule has 0 aromatic heterocycles. The fourth-order valence-corrected chi connectivity index (χ4v) is 1.63. The van der Waals surface area contributed by atoms with E-state index in [4.69, 9.17) is 16.9 Å². The van der Waals surface area contributed by atoms with Crippen molar-refractivity contribution in [1.82, 2.24) is 5.32 Å². The molecule has 1 rings (SSSR count). The molecule has 0 spiro atoms. The topological polar surface area (TPSA) is 52.9 Å². The van der Waals surface area contributed by atoms with Crippen LogP contribution < -0.4 is 5.32 Å². The minimum Gasteiger partial charge on any atom is -0.349 e. The molecule has 0 aliphatic heterocycles. The van der Waals surface area contributed by atoms with Crippen LogP contribution in [0.15, 0.2) is 22.7 Å². The largest absolute Gasteiger partial charge is 0.349 e. The molecular weight excluding hydrogens is 291 g/mol. The molecule has 0 heterocycles. The first-order chi connectivity index (χ1) is 7.54. The molecule has 1 aromatic rings. The molecule has 5 heteroatoms. The lowest BCUT2D eigenvalue weighted by molar-refractivity contribution is 0.0941. The lowest BCUT2D eigenvalue weighted by atomic mass is 10.2. The predicted molar refractivity (Wildman–Crippen MR) is 66.3 cm³/mol. The average Bonchev–Trinajstić information content (AvgIpc) is 2.22. The molecule has 1 N–H and O–H groups in total. The SMILES string of the molecule is CC(CC#N)NC(=O)c1ccc(Cl)c(Br)c1. The summed E-state index contributed by atoms with van der Waals surface area (Å²) in [7, 11) is 0. The summed E-state index contributed by atoms with van der Waals surface area (Å²) in [4.78, 5) is 11.7. The number of carbonyl (C=O) groups is 1. The van der Waals surface area contributed by atoms with Crippen molar-refractivity contribution in [1.29, 1.82) is 5.26 Å². The molecule has 16 heavy (non-hydrogen) atoms. The fraction of sp³-hybridized carbons (Fsp3) is 0.273. The molecule has 3 nitrogen and oxygen atoms in total. The summed E-state index contributed by atoms with van der Waals surface area (Å²) in [6.07, 6.45) is 0.292. The van der Waals surface area contributed by atoms with Crippen molar-refractivity contribution >= 4 is 33.4 Å². The third-order valence-corrected chi connectivity index (χ3v) is 3.17. The van der Waals surface area contributed by atoms with Crippen LogP contribution in [0.5, 0.6) is 0 Å². The molecular formula is C11H10BrClN2O. The van der Waals surface area contributed by atoms with Crippen LogP contribution in [0.3, 0.4) is 0 Å². The van der Waals surface area contributed by atoms with E-state index in [1.54, 1.807) is 25.1 Å². The van der Waals surface area contributed by atoms with Crippen molar-refractivity contribution in [3.63, 3.8) is 0 Å². The van der Waals surface area contributed by atoms with Crippen molar-refractivity contribution in [3.05, 3.63) is 33.3 Å². The number of hydrogen-bond acceptors (Lipinski definition) is 2. The number of rotatable bonds is 3. The molecule has 1 atom stereocenters. The summed E-state index contributed by atoms with van der Waals surface area (Å²) < 4.78 is 0.676. The molecule has 0 aliphatic carbocycles. The van der Waals surface area contributed by atoms with Gasteiger partial charge in [-0.25, -0.2) is 0 Å². The summed E-state index contributed by atoms with van der Waals surface area (Å²) in [6.45, 7) is 1.78. The molecule has 1 aromatic carbocycles. The highest BCUT2D eigenvalue weighted by atomic mass is 79.9. The van der Waals surface area contributed by atoms with Gasteiger partial charge in [0.05, 0.1) is 17.5 Å². The Morgan fingerprint density at radius 1 is 1.69 bits per heavy atom. The standard InChI is InChI=1S/C11H10BrClN2O/c1-7(4-5-14)15-11(16)8-2-3-10(13)9(12)6-8/h2-3,6-7H,4H2,1H3,(H,15,16). The Bertz CT molecular complexity index is 442. The quantitative estimate of drug-likeness (QED) is 0.932.